The number of nitrogens with two attached hydrogens (primary N) is 1. The second kappa shape index (κ2) is 6.22. The highest BCUT2D eigenvalue weighted by Crippen LogP contribution is 2.67. The molecular formula is C21H24F2N4O. The van der Waals surface area contributed by atoms with Gasteiger partial charge >= 0.3 is 6.03 Å². The lowest BCUT2D eigenvalue weighted by Crippen LogP contribution is -2.49. The summed E-state index contributed by atoms with van der Waals surface area (Å²) < 4.78 is 28.5. The summed E-state index contributed by atoms with van der Waals surface area (Å²) in [6.07, 6.45) is 1.81. The quantitative estimate of drug-likeness (QED) is 0.864. The highest BCUT2D eigenvalue weighted by atomic mass is 19.1. The van der Waals surface area contributed by atoms with E-state index in [9.17, 15) is 13.6 Å². The SMILES string of the molecule is CCN(C[C@@]12CC[C@@H](c3cc(-c4c(F)cccc4F)nnc31)C2(C)C)C(N)=O. The lowest BCUT2D eigenvalue weighted by atomic mass is 9.68. The maximum absolute atomic E-state index is 14.2. The molecule has 5 nitrogen and oxygen atoms in total. The minimum atomic E-state index is -0.655. The number of nitrogens with zero attached hydrogens (tertiary/aromatic N) is 3. The molecule has 7 heteroatoms. The molecule has 28 heavy (non-hydrogen) atoms. The molecule has 0 saturated heterocycles. The van der Waals surface area contributed by atoms with Gasteiger partial charge in [0, 0.05) is 18.5 Å². The third-order valence-electron chi connectivity index (χ3n) is 6.99. The molecule has 0 radical (unpaired) electrons. The summed E-state index contributed by atoms with van der Waals surface area (Å²) >= 11 is 0. The van der Waals surface area contributed by atoms with Crippen molar-refractivity contribution in [3.8, 4) is 11.3 Å². The number of amides is 2. The number of carbonyl (C=O) groups excluding carboxylic acids is 1. The van der Waals surface area contributed by atoms with Crippen molar-refractivity contribution >= 4 is 6.03 Å². The molecule has 2 amide bonds. The van der Waals surface area contributed by atoms with Crippen molar-refractivity contribution in [2.24, 2.45) is 11.1 Å². The van der Waals surface area contributed by atoms with Gasteiger partial charge < -0.3 is 10.6 Å². The summed E-state index contributed by atoms with van der Waals surface area (Å²) in [7, 11) is 0. The summed E-state index contributed by atoms with van der Waals surface area (Å²) in [5.41, 5.74) is 6.89. The van der Waals surface area contributed by atoms with Gasteiger partial charge in [-0.15, -0.1) is 0 Å². The molecule has 148 valence electrons. The average Bonchev–Trinajstić information content (AvgIpc) is 3.00. The number of likely N-dealkylation sites (N-methyl/N-ethyl adjacent to an activating group) is 1. The largest absolute Gasteiger partial charge is 0.351 e. The third kappa shape index (κ3) is 2.38. The van der Waals surface area contributed by atoms with Gasteiger partial charge in [-0.3, -0.25) is 0 Å². The van der Waals surface area contributed by atoms with E-state index in [1.54, 1.807) is 11.0 Å². The van der Waals surface area contributed by atoms with Crippen molar-refractivity contribution in [1.82, 2.24) is 15.1 Å². The minimum Gasteiger partial charge on any atom is -0.351 e. The van der Waals surface area contributed by atoms with E-state index in [-0.39, 0.29) is 28.0 Å². The molecule has 4 rings (SSSR count). The van der Waals surface area contributed by atoms with Gasteiger partial charge in [0.1, 0.15) is 11.6 Å². The van der Waals surface area contributed by atoms with Crippen LogP contribution in [0.3, 0.4) is 0 Å². The van der Waals surface area contributed by atoms with Gasteiger partial charge in [0.2, 0.25) is 0 Å². The topological polar surface area (TPSA) is 72.1 Å². The maximum Gasteiger partial charge on any atom is 0.314 e. The summed E-state index contributed by atoms with van der Waals surface area (Å²) in [4.78, 5) is 13.5. The van der Waals surface area contributed by atoms with Crippen molar-refractivity contribution in [2.45, 2.75) is 44.9 Å². The van der Waals surface area contributed by atoms with Gasteiger partial charge in [0.05, 0.1) is 17.0 Å². The molecule has 2 aromatic rings. The van der Waals surface area contributed by atoms with E-state index in [4.69, 9.17) is 5.73 Å². The number of benzene rings is 1. The fraction of sp³-hybridized carbons (Fsp3) is 0.476. The summed E-state index contributed by atoms with van der Waals surface area (Å²) in [6, 6.07) is 5.09. The highest BCUT2D eigenvalue weighted by molar-refractivity contribution is 5.72. The molecule has 2 bridgehead atoms. The Morgan fingerprint density at radius 3 is 2.57 bits per heavy atom. The van der Waals surface area contributed by atoms with Gasteiger partial charge in [-0.1, -0.05) is 19.9 Å². The molecular weight excluding hydrogens is 362 g/mol. The van der Waals surface area contributed by atoms with Crippen molar-refractivity contribution in [3.63, 3.8) is 0 Å². The highest BCUT2D eigenvalue weighted by Gasteiger charge is 2.63. The third-order valence-corrected chi connectivity index (χ3v) is 6.99. The Morgan fingerprint density at radius 1 is 1.29 bits per heavy atom. The number of halogens is 2. The van der Waals surface area contributed by atoms with E-state index in [0.717, 1.165) is 24.1 Å². The van der Waals surface area contributed by atoms with Crippen LogP contribution >= 0.6 is 0 Å². The molecule has 2 aliphatic rings. The summed E-state index contributed by atoms with van der Waals surface area (Å²) in [6.45, 7) is 7.22. The molecule has 1 saturated carbocycles. The van der Waals surface area contributed by atoms with Gasteiger partial charge in [0.25, 0.3) is 0 Å². The molecule has 0 unspecified atom stereocenters. The van der Waals surface area contributed by atoms with E-state index in [2.05, 4.69) is 24.0 Å². The lowest BCUT2D eigenvalue weighted by molar-refractivity contribution is 0.140. The van der Waals surface area contributed by atoms with Crippen molar-refractivity contribution in [3.05, 3.63) is 47.2 Å². The van der Waals surface area contributed by atoms with Gasteiger partial charge in [-0.2, -0.15) is 10.2 Å². The second-order valence-electron chi connectivity index (χ2n) is 8.38. The van der Waals surface area contributed by atoms with Gasteiger partial charge in [-0.05, 0) is 54.9 Å². The summed E-state index contributed by atoms with van der Waals surface area (Å²) in [5.74, 6) is -1.12. The molecule has 2 aliphatic carbocycles. The first-order valence-corrected chi connectivity index (χ1v) is 9.60. The second-order valence-corrected chi connectivity index (χ2v) is 8.38. The number of urea groups is 1. The first-order valence-electron chi connectivity index (χ1n) is 9.60. The van der Waals surface area contributed by atoms with Crippen LogP contribution in [0, 0.1) is 17.0 Å². The number of hydrogen-bond acceptors (Lipinski definition) is 3. The molecule has 0 spiro atoms. The van der Waals surface area contributed by atoms with Crippen LogP contribution in [0.1, 0.15) is 50.8 Å². The predicted molar refractivity (Wildman–Crippen MR) is 102 cm³/mol. The standard InChI is InChI=1S/C21H24F2N4O/c1-4-27(19(24)28)11-21-9-8-13(20(21,2)3)12-10-16(25-26-18(12)21)17-14(22)6-5-7-15(17)23/h5-7,10,13H,4,8-9,11H2,1-3H3,(H2,24,28)/t13-,21-/m0/s1. The van der Waals surface area contributed by atoms with E-state index in [1.165, 1.54) is 18.2 Å². The first kappa shape index (κ1) is 18.8. The molecule has 1 aromatic carbocycles. The predicted octanol–water partition coefficient (Wildman–Crippen LogP) is 3.98. The van der Waals surface area contributed by atoms with E-state index in [0.29, 0.717) is 13.1 Å². The van der Waals surface area contributed by atoms with Crippen molar-refractivity contribution in [1.29, 1.82) is 0 Å². The Hall–Kier alpha value is -2.57. The Kier molecular flexibility index (Phi) is 4.17. The van der Waals surface area contributed by atoms with Crippen LogP contribution in [0.4, 0.5) is 13.6 Å². The molecule has 1 fully saturated rings. The number of carbonyl (C=O) groups is 1. The Labute approximate surface area is 162 Å². The molecule has 1 heterocycles. The lowest BCUT2D eigenvalue weighted by Gasteiger charge is -2.41. The number of rotatable bonds is 4. The van der Waals surface area contributed by atoms with Gasteiger partial charge in [-0.25, -0.2) is 13.6 Å². The van der Waals surface area contributed by atoms with Crippen LogP contribution in [0.5, 0.6) is 0 Å². The number of hydrogen-bond donors (Lipinski definition) is 1. The number of fused-ring (bicyclic) bond motifs is 5. The van der Waals surface area contributed by atoms with E-state index < -0.39 is 17.7 Å². The Balaban J connectivity index is 1.84. The van der Waals surface area contributed by atoms with Crippen LogP contribution < -0.4 is 5.73 Å². The van der Waals surface area contributed by atoms with Crippen molar-refractivity contribution < 1.29 is 13.6 Å². The fourth-order valence-electron chi connectivity index (χ4n) is 5.31. The normalized spacial score (nSPS) is 24.2. The zero-order valence-corrected chi connectivity index (χ0v) is 16.3. The van der Waals surface area contributed by atoms with E-state index in [1.807, 2.05) is 6.92 Å². The molecule has 0 aliphatic heterocycles. The Bertz CT molecular complexity index is 941. The minimum absolute atomic E-state index is 0.153. The summed E-state index contributed by atoms with van der Waals surface area (Å²) in [5, 5.41) is 8.64. The zero-order valence-electron chi connectivity index (χ0n) is 16.3. The number of primary amides is 1. The molecule has 2 atom stereocenters. The smallest absolute Gasteiger partial charge is 0.314 e. The monoisotopic (exact) mass is 386 g/mol. The van der Waals surface area contributed by atoms with E-state index >= 15 is 0 Å². The molecule has 2 N–H and O–H groups in total. The van der Waals surface area contributed by atoms with Gasteiger partial charge in [0.15, 0.2) is 0 Å². The maximum atomic E-state index is 14.2. The van der Waals surface area contributed by atoms with Crippen LogP contribution in [0.2, 0.25) is 0 Å². The first-order chi connectivity index (χ1) is 13.2. The van der Waals surface area contributed by atoms with Crippen LogP contribution in [-0.4, -0.2) is 34.2 Å². The van der Waals surface area contributed by atoms with Crippen LogP contribution in [0.15, 0.2) is 24.3 Å². The van der Waals surface area contributed by atoms with Crippen molar-refractivity contribution in [2.75, 3.05) is 13.1 Å². The fourth-order valence-corrected chi connectivity index (χ4v) is 5.31. The van der Waals surface area contributed by atoms with Crippen LogP contribution in [0.25, 0.3) is 11.3 Å². The van der Waals surface area contributed by atoms with Crippen LogP contribution in [-0.2, 0) is 5.41 Å². The Morgan fingerprint density at radius 2 is 1.96 bits per heavy atom. The zero-order chi connectivity index (χ0) is 20.3. The molecule has 1 aromatic heterocycles. The number of aromatic nitrogens is 2. The average molecular weight is 386 g/mol.